The molecule has 0 saturated carbocycles. The lowest BCUT2D eigenvalue weighted by molar-refractivity contribution is -0.136. The normalized spacial score (nSPS) is 9.89. The standard InChI is InChI=1S/C12H15FN2O3/c1-2-15(10-5-3-4-9(13)8-10)12(18)14-7-6-11(16)17/h3-5,8H,2,6-7H2,1H3,(H,14,18)(H,16,17). The molecule has 18 heavy (non-hydrogen) atoms. The van der Waals surface area contributed by atoms with Crippen molar-refractivity contribution in [3.8, 4) is 0 Å². The number of amides is 2. The number of carbonyl (C=O) groups is 2. The highest BCUT2D eigenvalue weighted by Gasteiger charge is 2.13. The number of anilines is 1. The number of hydrogen-bond donors (Lipinski definition) is 2. The molecular weight excluding hydrogens is 239 g/mol. The number of nitrogens with zero attached hydrogens (tertiary/aromatic N) is 1. The van der Waals surface area contributed by atoms with Gasteiger partial charge in [0.15, 0.2) is 0 Å². The van der Waals surface area contributed by atoms with Gasteiger partial charge in [-0.2, -0.15) is 0 Å². The topological polar surface area (TPSA) is 69.6 Å². The molecule has 0 bridgehead atoms. The first-order chi connectivity index (χ1) is 8.54. The average molecular weight is 254 g/mol. The zero-order valence-corrected chi connectivity index (χ0v) is 10.0. The number of nitrogens with one attached hydrogen (secondary N) is 1. The van der Waals surface area contributed by atoms with Gasteiger partial charge in [0.2, 0.25) is 0 Å². The molecule has 0 aliphatic carbocycles. The largest absolute Gasteiger partial charge is 0.481 e. The summed E-state index contributed by atoms with van der Waals surface area (Å²) in [6.07, 6.45) is -0.146. The van der Waals surface area contributed by atoms with Crippen LogP contribution in [0.2, 0.25) is 0 Å². The number of rotatable bonds is 5. The second kappa shape index (κ2) is 6.58. The number of aliphatic carboxylic acids is 1. The molecule has 0 aromatic heterocycles. The van der Waals surface area contributed by atoms with E-state index in [2.05, 4.69) is 5.32 Å². The quantitative estimate of drug-likeness (QED) is 0.842. The van der Waals surface area contributed by atoms with Crippen LogP contribution in [0, 0.1) is 5.82 Å². The number of halogens is 1. The third-order valence-corrected chi connectivity index (χ3v) is 2.30. The molecule has 0 atom stereocenters. The lowest BCUT2D eigenvalue weighted by Gasteiger charge is -2.21. The molecule has 1 rings (SSSR count). The van der Waals surface area contributed by atoms with Crippen molar-refractivity contribution in [2.45, 2.75) is 13.3 Å². The Kier molecular flexibility index (Phi) is 5.10. The van der Waals surface area contributed by atoms with Gasteiger partial charge < -0.3 is 10.4 Å². The van der Waals surface area contributed by atoms with Crippen LogP contribution < -0.4 is 10.2 Å². The number of carboxylic acids is 1. The van der Waals surface area contributed by atoms with E-state index in [0.29, 0.717) is 12.2 Å². The zero-order valence-electron chi connectivity index (χ0n) is 10.0. The first-order valence-electron chi connectivity index (χ1n) is 5.57. The molecule has 0 aliphatic rings. The monoisotopic (exact) mass is 254 g/mol. The Hall–Kier alpha value is -2.11. The van der Waals surface area contributed by atoms with E-state index in [9.17, 15) is 14.0 Å². The Labute approximate surface area is 104 Å². The van der Waals surface area contributed by atoms with Gasteiger partial charge in [-0.3, -0.25) is 9.69 Å². The van der Waals surface area contributed by atoms with Crippen LogP contribution in [0.4, 0.5) is 14.9 Å². The molecule has 0 unspecified atom stereocenters. The molecule has 1 aromatic rings. The Morgan fingerprint density at radius 1 is 1.44 bits per heavy atom. The fraction of sp³-hybridized carbons (Fsp3) is 0.333. The lowest BCUT2D eigenvalue weighted by Crippen LogP contribution is -2.40. The van der Waals surface area contributed by atoms with Gasteiger partial charge in [0.25, 0.3) is 0 Å². The first-order valence-corrected chi connectivity index (χ1v) is 5.57. The van der Waals surface area contributed by atoms with Crippen LogP contribution in [-0.2, 0) is 4.79 Å². The van der Waals surface area contributed by atoms with Crippen LogP contribution in [0.1, 0.15) is 13.3 Å². The van der Waals surface area contributed by atoms with Gasteiger partial charge in [0, 0.05) is 18.8 Å². The van der Waals surface area contributed by atoms with Crippen LogP contribution in [0.15, 0.2) is 24.3 Å². The molecule has 5 nitrogen and oxygen atoms in total. The van der Waals surface area contributed by atoms with Crippen molar-refractivity contribution in [1.82, 2.24) is 5.32 Å². The van der Waals surface area contributed by atoms with Crippen molar-refractivity contribution < 1.29 is 19.1 Å². The Bertz CT molecular complexity index is 437. The van der Waals surface area contributed by atoms with Crippen molar-refractivity contribution in [2.24, 2.45) is 0 Å². The Balaban J connectivity index is 2.65. The van der Waals surface area contributed by atoms with Gasteiger partial charge in [-0.15, -0.1) is 0 Å². The molecule has 98 valence electrons. The van der Waals surface area contributed by atoms with E-state index in [1.165, 1.54) is 23.1 Å². The van der Waals surface area contributed by atoms with Gasteiger partial charge in [0.05, 0.1) is 6.42 Å². The fourth-order valence-corrected chi connectivity index (χ4v) is 1.46. The lowest BCUT2D eigenvalue weighted by atomic mass is 10.3. The summed E-state index contributed by atoms with van der Waals surface area (Å²) in [7, 11) is 0. The van der Waals surface area contributed by atoms with Gasteiger partial charge in [-0.1, -0.05) is 6.07 Å². The van der Waals surface area contributed by atoms with Crippen molar-refractivity contribution in [3.05, 3.63) is 30.1 Å². The molecular formula is C12H15FN2O3. The minimum absolute atomic E-state index is 0.0416. The maximum Gasteiger partial charge on any atom is 0.321 e. The van der Waals surface area contributed by atoms with Gasteiger partial charge in [-0.05, 0) is 25.1 Å². The summed E-state index contributed by atoms with van der Waals surface area (Å²) >= 11 is 0. The molecule has 0 heterocycles. The third kappa shape index (κ3) is 4.04. The molecule has 0 fully saturated rings. The number of hydrogen-bond acceptors (Lipinski definition) is 2. The van der Waals surface area contributed by atoms with Gasteiger partial charge >= 0.3 is 12.0 Å². The smallest absolute Gasteiger partial charge is 0.321 e. The van der Waals surface area contributed by atoms with E-state index in [-0.39, 0.29) is 13.0 Å². The Morgan fingerprint density at radius 2 is 2.17 bits per heavy atom. The van der Waals surface area contributed by atoms with Crippen molar-refractivity contribution >= 4 is 17.7 Å². The van der Waals surface area contributed by atoms with Crippen molar-refractivity contribution in [1.29, 1.82) is 0 Å². The molecule has 0 saturated heterocycles. The van der Waals surface area contributed by atoms with E-state index in [1.54, 1.807) is 13.0 Å². The maximum absolute atomic E-state index is 13.0. The van der Waals surface area contributed by atoms with E-state index in [1.807, 2.05) is 0 Å². The molecule has 0 radical (unpaired) electrons. The minimum atomic E-state index is -0.982. The summed E-state index contributed by atoms with van der Waals surface area (Å²) < 4.78 is 13.0. The zero-order chi connectivity index (χ0) is 13.5. The highest BCUT2D eigenvalue weighted by molar-refractivity contribution is 5.92. The maximum atomic E-state index is 13.0. The van der Waals surface area contributed by atoms with Crippen LogP contribution >= 0.6 is 0 Å². The molecule has 0 aliphatic heterocycles. The van der Waals surface area contributed by atoms with E-state index < -0.39 is 17.8 Å². The summed E-state index contributed by atoms with van der Waals surface area (Å²) in [6, 6.07) is 5.23. The van der Waals surface area contributed by atoms with Crippen LogP contribution in [0.5, 0.6) is 0 Å². The highest BCUT2D eigenvalue weighted by atomic mass is 19.1. The predicted molar refractivity (Wildman–Crippen MR) is 65.1 cm³/mol. The van der Waals surface area contributed by atoms with E-state index >= 15 is 0 Å². The summed E-state index contributed by atoms with van der Waals surface area (Å²) in [5.41, 5.74) is 0.435. The summed E-state index contributed by atoms with van der Waals surface area (Å²) in [6.45, 7) is 2.16. The Morgan fingerprint density at radius 3 is 2.72 bits per heavy atom. The third-order valence-electron chi connectivity index (χ3n) is 2.30. The molecule has 1 aromatic carbocycles. The fourth-order valence-electron chi connectivity index (χ4n) is 1.46. The first kappa shape index (κ1) is 14.0. The minimum Gasteiger partial charge on any atom is -0.481 e. The average Bonchev–Trinajstić information content (AvgIpc) is 2.29. The van der Waals surface area contributed by atoms with Crippen molar-refractivity contribution in [2.75, 3.05) is 18.0 Å². The number of carbonyl (C=O) groups excluding carboxylic acids is 1. The summed E-state index contributed by atoms with van der Waals surface area (Å²) in [5, 5.41) is 10.9. The number of benzene rings is 1. The van der Waals surface area contributed by atoms with Crippen LogP contribution in [-0.4, -0.2) is 30.2 Å². The second-order valence-electron chi connectivity index (χ2n) is 3.60. The summed E-state index contributed by atoms with van der Waals surface area (Å²) in [5.74, 6) is -1.41. The van der Waals surface area contributed by atoms with Crippen molar-refractivity contribution in [3.63, 3.8) is 0 Å². The van der Waals surface area contributed by atoms with Gasteiger partial charge in [0.1, 0.15) is 5.82 Å². The SMILES string of the molecule is CCN(C(=O)NCCC(=O)O)c1cccc(F)c1. The highest BCUT2D eigenvalue weighted by Crippen LogP contribution is 2.15. The van der Waals surface area contributed by atoms with Crippen LogP contribution in [0.25, 0.3) is 0 Å². The van der Waals surface area contributed by atoms with E-state index in [0.717, 1.165) is 0 Å². The number of carboxylic acid groups (broad SMARTS) is 1. The predicted octanol–water partition coefficient (Wildman–Crippen LogP) is 1.84. The molecule has 0 spiro atoms. The number of urea groups is 1. The van der Waals surface area contributed by atoms with Crippen LogP contribution in [0.3, 0.4) is 0 Å². The molecule has 2 amide bonds. The van der Waals surface area contributed by atoms with E-state index in [4.69, 9.17) is 5.11 Å². The molecule has 6 heteroatoms. The summed E-state index contributed by atoms with van der Waals surface area (Å²) in [4.78, 5) is 23.4. The van der Waals surface area contributed by atoms with Gasteiger partial charge in [-0.25, -0.2) is 9.18 Å². The second-order valence-corrected chi connectivity index (χ2v) is 3.60. The molecule has 2 N–H and O–H groups in total.